The number of alkyl carbamates (subject to hydrolysis) is 1. The van der Waals surface area contributed by atoms with Gasteiger partial charge >= 0.3 is 6.09 Å². The van der Waals surface area contributed by atoms with Crippen molar-refractivity contribution in [3.05, 3.63) is 71.6 Å². The molecule has 1 amide bonds. The number of nitrogens with zero attached hydrogens (tertiary/aromatic N) is 3. The second-order valence-corrected chi connectivity index (χ2v) is 11.8. The van der Waals surface area contributed by atoms with Gasteiger partial charge in [0.2, 0.25) is 5.95 Å². The molecule has 1 aromatic carbocycles. The Balaban J connectivity index is 1.47. The van der Waals surface area contributed by atoms with E-state index in [1.54, 1.807) is 18.3 Å². The van der Waals surface area contributed by atoms with E-state index in [0.717, 1.165) is 29.7 Å². The molecule has 3 aliphatic rings. The fraction of sp³-hybridized carbons (Fsp3) is 0.379. The fourth-order valence-corrected chi connectivity index (χ4v) is 6.29. The zero-order valence-electron chi connectivity index (χ0n) is 22.0. The van der Waals surface area contributed by atoms with Gasteiger partial charge in [-0.2, -0.15) is 4.39 Å². The van der Waals surface area contributed by atoms with E-state index < -0.39 is 23.2 Å². The Morgan fingerprint density at radius 1 is 1.13 bits per heavy atom. The molecule has 6 rings (SSSR count). The zero-order valence-corrected chi connectivity index (χ0v) is 22.8. The molecule has 10 heteroatoms. The highest BCUT2D eigenvalue weighted by molar-refractivity contribution is 8.14. The fourth-order valence-electron chi connectivity index (χ4n) is 5.20. The minimum Gasteiger partial charge on any atom is -0.455 e. The molecule has 0 aliphatic carbocycles. The summed E-state index contributed by atoms with van der Waals surface area (Å²) in [5.41, 5.74) is 2.15. The zero-order chi connectivity index (χ0) is 27.2. The Morgan fingerprint density at radius 2 is 1.92 bits per heavy atom. The Bertz CT molecular complexity index is 1470. The van der Waals surface area contributed by atoms with Crippen LogP contribution in [0.15, 0.2) is 53.8 Å². The molecule has 3 aliphatic heterocycles. The Morgan fingerprint density at radius 3 is 2.69 bits per heavy atom. The van der Waals surface area contributed by atoms with E-state index >= 15 is 0 Å². The second-order valence-electron chi connectivity index (χ2n) is 10.8. The van der Waals surface area contributed by atoms with E-state index in [1.165, 1.54) is 18.0 Å². The number of carbonyl (C=O) groups excluding carboxylic acids is 1. The van der Waals surface area contributed by atoms with Gasteiger partial charge in [0.15, 0.2) is 10.9 Å². The van der Waals surface area contributed by atoms with E-state index in [1.807, 2.05) is 39.0 Å². The standard InChI is InChI=1S/C29H29FN4O4S/c1-28(2,3)38-27(35)33-26-34-29(16-39-26)20-13-18(19-5-4-10-31-25(19)30)6-7-23(20)37-24-15-32-22(14-21(24)29)17-8-11-36-12-9-17/h4-7,10,13-15,17H,8-9,11-12,16H2,1-3H3,(H,33,34,35). The summed E-state index contributed by atoms with van der Waals surface area (Å²) in [5.74, 6) is 1.46. The number of amidine groups is 1. The molecule has 0 bridgehead atoms. The lowest BCUT2D eigenvalue weighted by Crippen LogP contribution is -2.35. The Labute approximate surface area is 230 Å². The molecule has 1 N–H and O–H groups in total. The van der Waals surface area contributed by atoms with Gasteiger partial charge in [0, 0.05) is 53.5 Å². The molecule has 1 saturated heterocycles. The van der Waals surface area contributed by atoms with Crippen LogP contribution in [-0.4, -0.2) is 45.8 Å². The third-order valence-electron chi connectivity index (χ3n) is 7.01. The largest absolute Gasteiger partial charge is 0.455 e. The highest BCUT2D eigenvalue weighted by atomic mass is 32.2. The first-order chi connectivity index (χ1) is 18.7. The number of thioether (sulfide) groups is 1. The van der Waals surface area contributed by atoms with Gasteiger partial charge in [0.25, 0.3) is 0 Å². The van der Waals surface area contributed by atoms with Crippen molar-refractivity contribution in [1.82, 2.24) is 15.3 Å². The van der Waals surface area contributed by atoms with Crippen LogP contribution in [0.4, 0.5) is 9.18 Å². The number of hydrogen-bond acceptors (Lipinski definition) is 8. The number of pyridine rings is 2. The van der Waals surface area contributed by atoms with Crippen molar-refractivity contribution in [1.29, 1.82) is 0 Å². The molecule has 1 fully saturated rings. The molecule has 39 heavy (non-hydrogen) atoms. The number of benzene rings is 1. The van der Waals surface area contributed by atoms with Crippen LogP contribution in [0.1, 0.15) is 56.4 Å². The number of aliphatic imine (C=N–C) groups is 1. The van der Waals surface area contributed by atoms with Crippen LogP contribution in [0.3, 0.4) is 0 Å². The highest BCUT2D eigenvalue weighted by Crippen LogP contribution is 2.54. The van der Waals surface area contributed by atoms with E-state index in [-0.39, 0.29) is 5.92 Å². The van der Waals surface area contributed by atoms with E-state index in [4.69, 9.17) is 24.2 Å². The summed E-state index contributed by atoms with van der Waals surface area (Å²) in [7, 11) is 0. The first-order valence-electron chi connectivity index (χ1n) is 13.0. The van der Waals surface area contributed by atoms with Crippen molar-refractivity contribution >= 4 is 23.0 Å². The molecule has 2 aromatic heterocycles. The number of aromatic nitrogens is 2. The smallest absolute Gasteiger partial charge is 0.413 e. The molecule has 0 saturated carbocycles. The summed E-state index contributed by atoms with van der Waals surface area (Å²) < 4.78 is 32.0. The Kier molecular flexibility index (Phi) is 6.55. The molecular formula is C29H29FN4O4S. The van der Waals surface area contributed by atoms with Crippen molar-refractivity contribution in [2.24, 2.45) is 4.99 Å². The van der Waals surface area contributed by atoms with Crippen molar-refractivity contribution in [3.63, 3.8) is 0 Å². The lowest BCUT2D eigenvalue weighted by molar-refractivity contribution is 0.0564. The molecule has 1 atom stereocenters. The third-order valence-corrected chi connectivity index (χ3v) is 8.04. The molecule has 1 unspecified atom stereocenters. The number of rotatable bonds is 2. The number of nitrogens with one attached hydrogen (secondary N) is 1. The second kappa shape index (κ2) is 9.91. The van der Waals surface area contributed by atoms with Crippen LogP contribution >= 0.6 is 11.8 Å². The molecule has 1 spiro atoms. The van der Waals surface area contributed by atoms with Crippen LogP contribution in [0, 0.1) is 5.95 Å². The summed E-state index contributed by atoms with van der Waals surface area (Å²) in [5, 5.41) is 3.26. The number of halogens is 1. The van der Waals surface area contributed by atoms with Gasteiger partial charge in [0.05, 0.1) is 6.20 Å². The van der Waals surface area contributed by atoms with Crippen molar-refractivity contribution in [2.45, 2.75) is 50.7 Å². The van der Waals surface area contributed by atoms with E-state index in [9.17, 15) is 9.18 Å². The van der Waals surface area contributed by atoms with Gasteiger partial charge < -0.3 is 14.2 Å². The number of carbonyl (C=O) groups is 1. The predicted molar refractivity (Wildman–Crippen MR) is 147 cm³/mol. The van der Waals surface area contributed by atoms with Crippen molar-refractivity contribution < 1.29 is 23.4 Å². The van der Waals surface area contributed by atoms with Crippen molar-refractivity contribution in [2.75, 3.05) is 19.0 Å². The summed E-state index contributed by atoms with van der Waals surface area (Å²) in [6.07, 6.45) is 4.41. The number of fused-ring (bicyclic) bond motifs is 4. The molecule has 202 valence electrons. The maximum atomic E-state index is 14.7. The summed E-state index contributed by atoms with van der Waals surface area (Å²) in [4.78, 5) is 26.3. The summed E-state index contributed by atoms with van der Waals surface area (Å²) in [6, 6.07) is 11.0. The maximum absolute atomic E-state index is 14.7. The minimum absolute atomic E-state index is 0.274. The molecule has 5 heterocycles. The van der Waals surface area contributed by atoms with Gasteiger partial charge in [-0.1, -0.05) is 17.8 Å². The molecule has 3 aromatic rings. The average molecular weight is 549 g/mol. The maximum Gasteiger partial charge on any atom is 0.413 e. The number of ether oxygens (including phenoxy) is 3. The van der Waals surface area contributed by atoms with E-state index in [2.05, 4.69) is 16.4 Å². The average Bonchev–Trinajstić information content (AvgIpc) is 3.32. The lowest BCUT2D eigenvalue weighted by Gasteiger charge is -2.35. The lowest BCUT2D eigenvalue weighted by atomic mass is 9.80. The van der Waals surface area contributed by atoms with Gasteiger partial charge in [-0.3, -0.25) is 10.3 Å². The SMILES string of the molecule is CC(C)(C)OC(=O)NC1=NC2(CS1)c1cc(-c3cccnc3F)ccc1Oc1cnc(C3CCOCC3)cc12. The first-order valence-corrected chi connectivity index (χ1v) is 13.9. The topological polar surface area (TPSA) is 94.9 Å². The van der Waals surface area contributed by atoms with Crippen LogP contribution in [0.2, 0.25) is 0 Å². The van der Waals surface area contributed by atoms with Crippen LogP contribution in [0.5, 0.6) is 11.5 Å². The highest BCUT2D eigenvalue weighted by Gasteiger charge is 2.47. The van der Waals surface area contributed by atoms with Gasteiger partial charge in [-0.05, 0) is 69.5 Å². The number of amides is 1. The normalized spacial score (nSPS) is 20.6. The quantitative estimate of drug-likeness (QED) is 0.384. The first kappa shape index (κ1) is 25.8. The summed E-state index contributed by atoms with van der Waals surface area (Å²) >= 11 is 1.43. The van der Waals surface area contributed by atoms with Crippen LogP contribution in [-0.2, 0) is 15.0 Å². The van der Waals surface area contributed by atoms with Gasteiger partial charge in [-0.25, -0.2) is 14.8 Å². The summed E-state index contributed by atoms with van der Waals surface area (Å²) in [6.45, 7) is 6.84. The van der Waals surface area contributed by atoms with Crippen molar-refractivity contribution in [3.8, 4) is 22.6 Å². The molecule has 8 nitrogen and oxygen atoms in total. The predicted octanol–water partition coefficient (Wildman–Crippen LogP) is 6.15. The van der Waals surface area contributed by atoms with Crippen LogP contribution in [0.25, 0.3) is 11.1 Å². The molecule has 0 radical (unpaired) electrons. The number of hydrogen-bond donors (Lipinski definition) is 1. The third kappa shape index (κ3) is 4.98. The Hall–Kier alpha value is -3.50. The van der Waals surface area contributed by atoms with Crippen LogP contribution < -0.4 is 10.1 Å². The van der Waals surface area contributed by atoms with E-state index in [0.29, 0.717) is 46.8 Å². The monoisotopic (exact) mass is 548 g/mol. The van der Waals surface area contributed by atoms with Gasteiger partial charge in [0.1, 0.15) is 16.9 Å². The minimum atomic E-state index is -0.879. The molecular weight excluding hydrogens is 519 g/mol. The van der Waals surface area contributed by atoms with Gasteiger partial charge in [-0.15, -0.1) is 0 Å².